The smallest absolute Gasteiger partial charge is 0.410 e. The first kappa shape index (κ1) is 14.6. The van der Waals surface area contributed by atoms with Crippen LogP contribution in [0.15, 0.2) is 0 Å². The Bertz CT molecular complexity index is 326. The lowest BCUT2D eigenvalue weighted by Gasteiger charge is -2.32. The third kappa shape index (κ3) is 4.37. The molecule has 110 valence electrons. The van der Waals surface area contributed by atoms with E-state index in [0.29, 0.717) is 6.04 Å². The van der Waals surface area contributed by atoms with E-state index in [1.165, 1.54) is 12.8 Å². The molecule has 4 nitrogen and oxygen atoms in total. The molecule has 0 spiro atoms. The van der Waals surface area contributed by atoms with E-state index in [1.807, 2.05) is 25.7 Å². The molecule has 2 aliphatic rings. The Morgan fingerprint density at radius 3 is 2.37 bits per heavy atom. The number of rotatable bonds is 4. The van der Waals surface area contributed by atoms with Crippen LogP contribution in [0.3, 0.4) is 0 Å². The highest BCUT2D eigenvalue weighted by Crippen LogP contribution is 2.36. The molecule has 0 unspecified atom stereocenters. The zero-order chi connectivity index (χ0) is 14.1. The van der Waals surface area contributed by atoms with E-state index < -0.39 is 5.60 Å². The normalized spacial score (nSPS) is 22.3. The monoisotopic (exact) mass is 268 g/mol. The molecule has 4 heteroatoms. The Labute approximate surface area is 116 Å². The highest BCUT2D eigenvalue weighted by molar-refractivity contribution is 5.68. The van der Waals surface area contributed by atoms with Gasteiger partial charge in [-0.15, -0.1) is 0 Å². The van der Waals surface area contributed by atoms with E-state index in [0.717, 1.165) is 38.6 Å². The molecular weight excluding hydrogens is 240 g/mol. The van der Waals surface area contributed by atoms with Gasteiger partial charge in [-0.2, -0.15) is 0 Å². The summed E-state index contributed by atoms with van der Waals surface area (Å²) in [5.41, 5.74) is 5.72. The topological polar surface area (TPSA) is 55.6 Å². The summed E-state index contributed by atoms with van der Waals surface area (Å²) in [6, 6.07) is 0.359. The summed E-state index contributed by atoms with van der Waals surface area (Å²) in [4.78, 5) is 14.3. The van der Waals surface area contributed by atoms with Crippen LogP contribution in [0.25, 0.3) is 0 Å². The van der Waals surface area contributed by atoms with Gasteiger partial charge in [0, 0.05) is 18.1 Å². The van der Waals surface area contributed by atoms with Gasteiger partial charge in [-0.25, -0.2) is 4.79 Å². The first-order chi connectivity index (χ1) is 8.79. The predicted molar refractivity (Wildman–Crippen MR) is 76.0 cm³/mol. The van der Waals surface area contributed by atoms with Crippen LogP contribution in [0.5, 0.6) is 0 Å². The fourth-order valence-electron chi connectivity index (χ4n) is 2.71. The number of nitrogens with zero attached hydrogens (tertiary/aromatic N) is 1. The summed E-state index contributed by atoms with van der Waals surface area (Å²) in [7, 11) is 0. The lowest BCUT2D eigenvalue weighted by molar-refractivity contribution is 0.0158. The summed E-state index contributed by atoms with van der Waals surface area (Å²) in [6.07, 6.45) is 7.59. The van der Waals surface area contributed by atoms with Gasteiger partial charge in [-0.3, -0.25) is 0 Å². The molecule has 0 atom stereocenters. The van der Waals surface area contributed by atoms with Crippen molar-refractivity contribution in [1.82, 2.24) is 4.90 Å². The van der Waals surface area contributed by atoms with Crippen LogP contribution in [0, 0.1) is 0 Å². The molecule has 0 aromatic heterocycles. The van der Waals surface area contributed by atoms with Crippen LogP contribution in [-0.4, -0.2) is 34.7 Å². The van der Waals surface area contributed by atoms with Crippen LogP contribution in [-0.2, 0) is 4.74 Å². The number of carbonyl (C=O) groups is 1. The van der Waals surface area contributed by atoms with Gasteiger partial charge in [0.05, 0.1) is 0 Å². The van der Waals surface area contributed by atoms with Crippen molar-refractivity contribution < 1.29 is 9.53 Å². The summed E-state index contributed by atoms with van der Waals surface area (Å²) in [6.45, 7) is 6.51. The maximum Gasteiger partial charge on any atom is 0.410 e. The number of hydrogen-bond acceptors (Lipinski definition) is 3. The molecule has 19 heavy (non-hydrogen) atoms. The third-order valence-electron chi connectivity index (χ3n) is 4.14. The van der Waals surface area contributed by atoms with Gasteiger partial charge < -0.3 is 15.4 Å². The Morgan fingerprint density at radius 2 is 1.89 bits per heavy atom. The van der Waals surface area contributed by atoms with Crippen molar-refractivity contribution in [2.75, 3.05) is 6.54 Å². The Kier molecular flexibility index (Phi) is 4.09. The van der Waals surface area contributed by atoms with E-state index in [1.54, 1.807) is 0 Å². The molecule has 0 saturated heterocycles. The van der Waals surface area contributed by atoms with Crippen molar-refractivity contribution in [2.45, 2.75) is 82.9 Å². The number of carbonyl (C=O) groups excluding carboxylic acids is 1. The molecule has 2 N–H and O–H groups in total. The SMILES string of the molecule is CC(C)(C)OC(=O)N(CCC1(N)CC1)C1CCCC1. The number of nitrogens with two attached hydrogens (primary N) is 1. The second kappa shape index (κ2) is 5.31. The molecule has 0 radical (unpaired) electrons. The van der Waals surface area contributed by atoms with Crippen molar-refractivity contribution in [1.29, 1.82) is 0 Å². The highest BCUT2D eigenvalue weighted by atomic mass is 16.6. The molecule has 0 aliphatic heterocycles. The maximum absolute atomic E-state index is 12.3. The lowest BCUT2D eigenvalue weighted by atomic mass is 10.1. The molecule has 2 fully saturated rings. The van der Waals surface area contributed by atoms with Crippen molar-refractivity contribution in [3.8, 4) is 0 Å². The second-order valence-electron chi connectivity index (χ2n) is 7.22. The van der Waals surface area contributed by atoms with Crippen molar-refractivity contribution in [2.24, 2.45) is 5.73 Å². The quantitative estimate of drug-likeness (QED) is 0.852. The largest absolute Gasteiger partial charge is 0.444 e. The second-order valence-corrected chi connectivity index (χ2v) is 7.22. The maximum atomic E-state index is 12.3. The van der Waals surface area contributed by atoms with Crippen LogP contribution < -0.4 is 5.73 Å². The predicted octanol–water partition coefficient (Wildman–Crippen LogP) is 3.05. The van der Waals surface area contributed by atoms with Gasteiger partial charge >= 0.3 is 6.09 Å². The van der Waals surface area contributed by atoms with Crippen LogP contribution in [0.1, 0.15) is 65.7 Å². The van der Waals surface area contributed by atoms with E-state index in [2.05, 4.69) is 0 Å². The highest BCUT2D eigenvalue weighted by Gasteiger charge is 2.39. The van der Waals surface area contributed by atoms with Crippen LogP contribution >= 0.6 is 0 Å². The van der Waals surface area contributed by atoms with Gasteiger partial charge in [0.15, 0.2) is 0 Å². The molecule has 0 bridgehead atoms. The summed E-state index contributed by atoms with van der Waals surface area (Å²) in [5.74, 6) is 0. The minimum Gasteiger partial charge on any atom is -0.444 e. The zero-order valence-electron chi connectivity index (χ0n) is 12.6. The van der Waals surface area contributed by atoms with Crippen LogP contribution in [0.4, 0.5) is 4.79 Å². The molecule has 0 aromatic rings. The Hall–Kier alpha value is -0.770. The van der Waals surface area contributed by atoms with Gasteiger partial charge in [0.25, 0.3) is 0 Å². The van der Waals surface area contributed by atoms with Gasteiger partial charge in [0.1, 0.15) is 5.60 Å². The minimum absolute atomic E-state index is 0.00112. The molecular formula is C15H28N2O2. The third-order valence-corrected chi connectivity index (χ3v) is 4.14. The Balaban J connectivity index is 1.94. The van der Waals surface area contributed by atoms with E-state index in [9.17, 15) is 4.79 Å². The van der Waals surface area contributed by atoms with Gasteiger partial charge in [-0.1, -0.05) is 12.8 Å². The summed E-state index contributed by atoms with van der Waals surface area (Å²) < 4.78 is 5.54. The average molecular weight is 268 g/mol. The summed E-state index contributed by atoms with van der Waals surface area (Å²) in [5, 5.41) is 0. The van der Waals surface area contributed by atoms with E-state index >= 15 is 0 Å². The van der Waals surface area contributed by atoms with E-state index in [4.69, 9.17) is 10.5 Å². The fourth-order valence-corrected chi connectivity index (χ4v) is 2.71. The summed E-state index contributed by atoms with van der Waals surface area (Å²) >= 11 is 0. The molecule has 2 saturated carbocycles. The number of hydrogen-bond donors (Lipinski definition) is 1. The first-order valence-electron chi connectivity index (χ1n) is 7.58. The van der Waals surface area contributed by atoms with Crippen molar-refractivity contribution in [3.05, 3.63) is 0 Å². The molecule has 2 rings (SSSR count). The first-order valence-corrected chi connectivity index (χ1v) is 7.58. The van der Waals surface area contributed by atoms with Gasteiger partial charge in [-0.05, 0) is 52.9 Å². The minimum atomic E-state index is -0.423. The average Bonchev–Trinajstić information content (AvgIpc) is 2.78. The van der Waals surface area contributed by atoms with Crippen molar-refractivity contribution >= 4 is 6.09 Å². The van der Waals surface area contributed by atoms with Crippen molar-refractivity contribution in [3.63, 3.8) is 0 Å². The molecule has 2 aliphatic carbocycles. The number of ether oxygens (including phenoxy) is 1. The van der Waals surface area contributed by atoms with Crippen LogP contribution in [0.2, 0.25) is 0 Å². The molecule has 0 aromatic carbocycles. The van der Waals surface area contributed by atoms with E-state index in [-0.39, 0.29) is 11.6 Å². The lowest BCUT2D eigenvalue weighted by Crippen LogP contribution is -2.44. The Morgan fingerprint density at radius 1 is 1.32 bits per heavy atom. The number of amides is 1. The molecule has 0 heterocycles. The van der Waals surface area contributed by atoms with Gasteiger partial charge in [0.2, 0.25) is 0 Å². The standard InChI is InChI=1S/C15H28N2O2/c1-14(2,3)19-13(18)17(12-6-4-5-7-12)11-10-15(16)8-9-15/h12H,4-11,16H2,1-3H3. The zero-order valence-corrected chi connectivity index (χ0v) is 12.6. The molecule has 1 amide bonds. The fraction of sp³-hybridized carbons (Fsp3) is 0.933.